The van der Waals surface area contributed by atoms with Crippen molar-refractivity contribution >= 4 is 11.6 Å². The van der Waals surface area contributed by atoms with Crippen molar-refractivity contribution in [1.82, 2.24) is 25.2 Å². The van der Waals surface area contributed by atoms with Crippen LogP contribution in [0.1, 0.15) is 0 Å². The van der Waals surface area contributed by atoms with Gasteiger partial charge in [-0.15, -0.1) is 5.10 Å². The highest BCUT2D eigenvalue weighted by Crippen LogP contribution is 2.23. The molecule has 0 unspecified atom stereocenters. The van der Waals surface area contributed by atoms with E-state index in [0.29, 0.717) is 29.7 Å². The van der Waals surface area contributed by atoms with Crippen LogP contribution in [0.5, 0.6) is 5.75 Å². The Kier molecular flexibility index (Phi) is 4.07. The van der Waals surface area contributed by atoms with Crippen molar-refractivity contribution in [2.75, 3.05) is 6.61 Å². The van der Waals surface area contributed by atoms with Gasteiger partial charge in [0.15, 0.2) is 5.82 Å². The zero-order valence-electron chi connectivity index (χ0n) is 11.1. The highest BCUT2D eigenvalue weighted by molar-refractivity contribution is 6.32. The Morgan fingerprint density at radius 3 is 2.71 bits per heavy atom. The predicted molar refractivity (Wildman–Crippen MR) is 78.0 cm³/mol. The molecule has 0 radical (unpaired) electrons. The van der Waals surface area contributed by atoms with Crippen molar-refractivity contribution in [2.45, 2.75) is 6.54 Å². The number of hydrogen-bond acceptors (Lipinski definition) is 5. The fraction of sp³-hybridized carbons (Fsp3) is 0.143. The molecule has 0 saturated heterocycles. The van der Waals surface area contributed by atoms with Crippen LogP contribution in [0.15, 0.2) is 48.8 Å². The summed E-state index contributed by atoms with van der Waals surface area (Å²) in [5.74, 6) is 1.33. The van der Waals surface area contributed by atoms with E-state index in [-0.39, 0.29) is 0 Å². The molecule has 7 heteroatoms. The quantitative estimate of drug-likeness (QED) is 0.724. The first kappa shape index (κ1) is 13.5. The zero-order chi connectivity index (χ0) is 14.5. The van der Waals surface area contributed by atoms with Gasteiger partial charge in [0.2, 0.25) is 0 Å². The lowest BCUT2D eigenvalue weighted by molar-refractivity contribution is 0.291. The van der Waals surface area contributed by atoms with E-state index in [1.54, 1.807) is 23.1 Å². The van der Waals surface area contributed by atoms with E-state index >= 15 is 0 Å². The first-order valence-corrected chi connectivity index (χ1v) is 6.76. The first-order valence-electron chi connectivity index (χ1n) is 6.38. The standard InChI is InChI=1S/C14H12ClN5O/c15-12-3-1-2-4-13(12)21-10-9-20-14(17-18-19-20)11-5-7-16-8-6-11/h1-8H,9-10H2. The fourth-order valence-electron chi connectivity index (χ4n) is 1.87. The minimum atomic E-state index is 0.423. The first-order chi connectivity index (χ1) is 10.3. The minimum Gasteiger partial charge on any atom is -0.490 e. The molecular formula is C14H12ClN5O. The molecule has 0 aliphatic heterocycles. The highest BCUT2D eigenvalue weighted by atomic mass is 35.5. The summed E-state index contributed by atoms with van der Waals surface area (Å²) in [6.45, 7) is 0.947. The molecular weight excluding hydrogens is 290 g/mol. The molecule has 0 N–H and O–H groups in total. The lowest BCUT2D eigenvalue weighted by atomic mass is 10.2. The summed E-state index contributed by atoms with van der Waals surface area (Å²) in [6, 6.07) is 11.1. The van der Waals surface area contributed by atoms with Crippen molar-refractivity contribution in [3.63, 3.8) is 0 Å². The number of para-hydroxylation sites is 1. The SMILES string of the molecule is Clc1ccccc1OCCn1nnnc1-c1ccncc1. The number of hydrogen-bond donors (Lipinski definition) is 0. The predicted octanol–water partition coefficient (Wildman–Crippen LogP) is 2.47. The Labute approximate surface area is 126 Å². The summed E-state index contributed by atoms with van der Waals surface area (Å²) >= 11 is 6.03. The van der Waals surface area contributed by atoms with Gasteiger partial charge in [-0.3, -0.25) is 4.98 Å². The van der Waals surface area contributed by atoms with Gasteiger partial charge in [-0.05, 0) is 34.7 Å². The number of tetrazole rings is 1. The van der Waals surface area contributed by atoms with Crippen molar-refractivity contribution in [3.05, 3.63) is 53.8 Å². The fourth-order valence-corrected chi connectivity index (χ4v) is 2.06. The van der Waals surface area contributed by atoms with E-state index in [9.17, 15) is 0 Å². The normalized spacial score (nSPS) is 10.5. The maximum absolute atomic E-state index is 6.03. The number of nitrogens with zero attached hydrogens (tertiary/aromatic N) is 5. The molecule has 6 nitrogen and oxygen atoms in total. The lowest BCUT2D eigenvalue weighted by Gasteiger charge is -2.08. The third kappa shape index (κ3) is 3.17. The molecule has 3 aromatic rings. The van der Waals surface area contributed by atoms with Gasteiger partial charge in [0.25, 0.3) is 0 Å². The van der Waals surface area contributed by atoms with Gasteiger partial charge in [-0.1, -0.05) is 23.7 Å². The maximum Gasteiger partial charge on any atom is 0.182 e. The molecule has 0 fully saturated rings. The molecule has 2 aromatic heterocycles. The van der Waals surface area contributed by atoms with Crippen LogP contribution < -0.4 is 4.74 Å². The van der Waals surface area contributed by atoms with Crippen LogP contribution in [0, 0.1) is 0 Å². The van der Waals surface area contributed by atoms with Gasteiger partial charge in [-0.25, -0.2) is 4.68 Å². The second-order valence-electron chi connectivity index (χ2n) is 4.24. The monoisotopic (exact) mass is 301 g/mol. The Morgan fingerprint density at radius 1 is 1.10 bits per heavy atom. The van der Waals surface area contributed by atoms with Gasteiger partial charge < -0.3 is 4.74 Å². The second-order valence-corrected chi connectivity index (χ2v) is 4.65. The molecule has 0 bridgehead atoms. The molecule has 0 spiro atoms. The van der Waals surface area contributed by atoms with Crippen molar-refractivity contribution in [3.8, 4) is 17.1 Å². The van der Waals surface area contributed by atoms with Crippen LogP contribution in [0.3, 0.4) is 0 Å². The Hall–Kier alpha value is -2.47. The van der Waals surface area contributed by atoms with Crippen LogP contribution in [-0.2, 0) is 6.54 Å². The summed E-state index contributed by atoms with van der Waals surface area (Å²) in [4.78, 5) is 3.98. The van der Waals surface area contributed by atoms with Crippen LogP contribution in [-0.4, -0.2) is 31.8 Å². The van der Waals surface area contributed by atoms with Crippen LogP contribution in [0.4, 0.5) is 0 Å². The molecule has 3 rings (SSSR count). The zero-order valence-corrected chi connectivity index (χ0v) is 11.8. The van der Waals surface area contributed by atoms with Crippen LogP contribution in [0.2, 0.25) is 5.02 Å². The van der Waals surface area contributed by atoms with E-state index in [2.05, 4.69) is 20.5 Å². The maximum atomic E-state index is 6.03. The molecule has 106 valence electrons. The average molecular weight is 302 g/mol. The van der Waals surface area contributed by atoms with Gasteiger partial charge in [0, 0.05) is 18.0 Å². The van der Waals surface area contributed by atoms with Gasteiger partial charge in [0.1, 0.15) is 12.4 Å². The number of aromatic nitrogens is 5. The number of pyridine rings is 1. The van der Waals surface area contributed by atoms with E-state index in [0.717, 1.165) is 5.56 Å². The molecule has 0 aliphatic carbocycles. The number of halogens is 1. The highest BCUT2D eigenvalue weighted by Gasteiger charge is 2.08. The Bertz CT molecular complexity index is 716. The van der Waals surface area contributed by atoms with E-state index in [4.69, 9.17) is 16.3 Å². The molecule has 0 saturated carbocycles. The van der Waals surface area contributed by atoms with E-state index in [1.165, 1.54) is 0 Å². The summed E-state index contributed by atoms with van der Waals surface area (Å²) < 4.78 is 7.33. The van der Waals surface area contributed by atoms with Crippen molar-refractivity contribution in [2.24, 2.45) is 0 Å². The molecule has 0 amide bonds. The molecule has 0 aliphatic rings. The van der Waals surface area contributed by atoms with E-state index in [1.807, 2.05) is 30.3 Å². The molecule has 1 aromatic carbocycles. The topological polar surface area (TPSA) is 65.7 Å². The van der Waals surface area contributed by atoms with Crippen LogP contribution in [0.25, 0.3) is 11.4 Å². The van der Waals surface area contributed by atoms with Gasteiger partial charge >= 0.3 is 0 Å². The average Bonchev–Trinajstić information content (AvgIpc) is 2.99. The van der Waals surface area contributed by atoms with Gasteiger partial charge in [0.05, 0.1) is 11.6 Å². The van der Waals surface area contributed by atoms with Crippen LogP contribution >= 0.6 is 11.6 Å². The van der Waals surface area contributed by atoms with E-state index < -0.39 is 0 Å². The minimum absolute atomic E-state index is 0.423. The Morgan fingerprint density at radius 2 is 1.90 bits per heavy atom. The van der Waals surface area contributed by atoms with Crippen molar-refractivity contribution < 1.29 is 4.74 Å². The third-order valence-electron chi connectivity index (χ3n) is 2.87. The second kappa shape index (κ2) is 6.32. The lowest BCUT2D eigenvalue weighted by Crippen LogP contribution is -2.11. The third-order valence-corrected chi connectivity index (χ3v) is 3.18. The number of benzene rings is 1. The molecule has 21 heavy (non-hydrogen) atoms. The summed E-state index contributed by atoms with van der Waals surface area (Å²) in [5, 5.41) is 12.3. The summed E-state index contributed by atoms with van der Waals surface area (Å²) in [5.41, 5.74) is 0.910. The number of rotatable bonds is 5. The molecule has 2 heterocycles. The largest absolute Gasteiger partial charge is 0.490 e. The summed E-state index contributed by atoms with van der Waals surface area (Å²) in [7, 11) is 0. The molecule has 0 atom stereocenters. The smallest absolute Gasteiger partial charge is 0.182 e. The summed E-state index contributed by atoms with van der Waals surface area (Å²) in [6.07, 6.45) is 3.41. The number of ether oxygens (including phenoxy) is 1. The van der Waals surface area contributed by atoms with Crippen molar-refractivity contribution in [1.29, 1.82) is 0 Å². The Balaban J connectivity index is 1.67. The van der Waals surface area contributed by atoms with Gasteiger partial charge in [-0.2, -0.15) is 0 Å².